The van der Waals surface area contributed by atoms with Gasteiger partial charge in [-0.3, -0.25) is 4.79 Å². The van der Waals surface area contributed by atoms with Crippen LogP contribution in [0.4, 0.5) is 0 Å². The molecule has 0 radical (unpaired) electrons. The van der Waals surface area contributed by atoms with Crippen molar-refractivity contribution in [1.29, 1.82) is 0 Å². The molecular formula is C20H26O4. The minimum Gasteiger partial charge on any atom is -0.489 e. The molecule has 5 unspecified atom stereocenters. The lowest BCUT2D eigenvalue weighted by Gasteiger charge is -2.45. The Balaban J connectivity index is 1.77. The summed E-state index contributed by atoms with van der Waals surface area (Å²) in [5, 5.41) is 19.8. The van der Waals surface area contributed by atoms with Crippen LogP contribution in [-0.4, -0.2) is 28.4 Å². The third kappa shape index (κ3) is 2.71. The number of rotatable bonds is 2. The number of carbonyl (C=O) groups is 1. The molecule has 0 spiro atoms. The highest BCUT2D eigenvalue weighted by molar-refractivity contribution is 5.71. The summed E-state index contributed by atoms with van der Waals surface area (Å²) in [7, 11) is 0. The predicted octanol–water partition coefficient (Wildman–Crippen LogP) is 3.58. The second kappa shape index (κ2) is 6.40. The summed E-state index contributed by atoms with van der Waals surface area (Å²) >= 11 is 0. The molecule has 0 saturated heterocycles. The standard InChI is InChI=1S/C20H26O4/c21-12-9-10-16-18(11-12)24-17-8-4-3-7-15(17)19(16)13-5-1-2-6-14(13)20(22)23/h3,7-8,12-14,16,18,21H,1-2,4-6,9-11H2,(H,22,23). The zero-order chi connectivity index (χ0) is 16.7. The Bertz CT molecular complexity index is 615. The van der Waals surface area contributed by atoms with Gasteiger partial charge in [-0.25, -0.2) is 0 Å². The van der Waals surface area contributed by atoms with E-state index in [0.717, 1.165) is 56.3 Å². The topological polar surface area (TPSA) is 66.8 Å². The molecule has 1 aliphatic heterocycles. The zero-order valence-electron chi connectivity index (χ0n) is 14.0. The number of ether oxygens (including phenoxy) is 1. The minimum absolute atomic E-state index is 0.00150. The van der Waals surface area contributed by atoms with Gasteiger partial charge in [0.2, 0.25) is 0 Å². The monoisotopic (exact) mass is 330 g/mol. The summed E-state index contributed by atoms with van der Waals surface area (Å²) in [4.78, 5) is 11.9. The van der Waals surface area contributed by atoms with E-state index >= 15 is 0 Å². The number of hydrogen-bond acceptors (Lipinski definition) is 3. The van der Waals surface area contributed by atoms with Crippen LogP contribution in [-0.2, 0) is 9.53 Å². The van der Waals surface area contributed by atoms with Gasteiger partial charge in [0.15, 0.2) is 0 Å². The molecule has 2 saturated carbocycles. The van der Waals surface area contributed by atoms with E-state index in [2.05, 4.69) is 18.2 Å². The van der Waals surface area contributed by atoms with E-state index in [-0.39, 0.29) is 30.0 Å². The van der Waals surface area contributed by atoms with Crippen LogP contribution in [0.15, 0.2) is 35.1 Å². The van der Waals surface area contributed by atoms with Crippen molar-refractivity contribution < 1.29 is 19.7 Å². The molecule has 5 atom stereocenters. The van der Waals surface area contributed by atoms with Crippen LogP contribution in [0.25, 0.3) is 0 Å². The summed E-state index contributed by atoms with van der Waals surface area (Å²) in [5.74, 6) is 0.357. The van der Waals surface area contributed by atoms with Crippen molar-refractivity contribution in [3.05, 3.63) is 35.1 Å². The van der Waals surface area contributed by atoms with E-state index in [4.69, 9.17) is 4.74 Å². The summed E-state index contributed by atoms with van der Waals surface area (Å²) in [5.41, 5.74) is 2.45. The van der Waals surface area contributed by atoms with Crippen molar-refractivity contribution in [3.8, 4) is 0 Å². The minimum atomic E-state index is -0.656. The van der Waals surface area contributed by atoms with Gasteiger partial charge in [-0.1, -0.05) is 25.0 Å². The number of hydrogen-bond donors (Lipinski definition) is 2. The third-order valence-corrected chi connectivity index (χ3v) is 6.22. The van der Waals surface area contributed by atoms with E-state index in [0.29, 0.717) is 6.42 Å². The average Bonchev–Trinajstić information content (AvgIpc) is 2.59. The lowest BCUT2D eigenvalue weighted by Crippen LogP contribution is -2.42. The van der Waals surface area contributed by atoms with Crippen molar-refractivity contribution in [3.63, 3.8) is 0 Å². The van der Waals surface area contributed by atoms with Crippen LogP contribution in [0.1, 0.15) is 51.4 Å². The molecule has 0 aromatic rings. The van der Waals surface area contributed by atoms with Gasteiger partial charge in [0.05, 0.1) is 12.0 Å². The first kappa shape index (κ1) is 15.9. The molecule has 130 valence electrons. The lowest BCUT2D eigenvalue weighted by molar-refractivity contribution is -0.144. The molecule has 1 heterocycles. The van der Waals surface area contributed by atoms with Crippen LogP contribution >= 0.6 is 0 Å². The van der Waals surface area contributed by atoms with Gasteiger partial charge in [0, 0.05) is 17.9 Å². The van der Waals surface area contributed by atoms with E-state index in [1.807, 2.05) is 0 Å². The zero-order valence-corrected chi connectivity index (χ0v) is 14.0. The van der Waals surface area contributed by atoms with Crippen molar-refractivity contribution in [2.45, 2.75) is 63.6 Å². The maximum atomic E-state index is 11.9. The Morgan fingerprint density at radius 2 is 1.96 bits per heavy atom. The van der Waals surface area contributed by atoms with Crippen molar-refractivity contribution >= 4 is 5.97 Å². The average molecular weight is 330 g/mol. The smallest absolute Gasteiger partial charge is 0.307 e. The fourth-order valence-corrected chi connectivity index (χ4v) is 5.13. The van der Waals surface area contributed by atoms with Crippen molar-refractivity contribution in [2.75, 3.05) is 0 Å². The molecule has 2 fully saturated rings. The number of carboxylic acid groups (broad SMARTS) is 1. The molecule has 0 aromatic carbocycles. The van der Waals surface area contributed by atoms with Gasteiger partial charge >= 0.3 is 5.97 Å². The SMILES string of the molecule is O=C(O)C1CCCCC1C1=C2C=CCC=C2OC2CC(O)CCC12. The number of aliphatic hydroxyl groups is 1. The number of allylic oxidation sites excluding steroid dienone is 3. The van der Waals surface area contributed by atoms with Crippen LogP contribution in [0.3, 0.4) is 0 Å². The lowest BCUT2D eigenvalue weighted by atomic mass is 9.65. The molecule has 4 rings (SSSR count). The van der Waals surface area contributed by atoms with Crippen LogP contribution in [0.2, 0.25) is 0 Å². The van der Waals surface area contributed by atoms with Gasteiger partial charge in [-0.2, -0.15) is 0 Å². The first-order valence-electron chi connectivity index (χ1n) is 9.34. The second-order valence-corrected chi connectivity index (χ2v) is 7.64. The van der Waals surface area contributed by atoms with E-state index in [1.165, 1.54) is 5.57 Å². The Labute approximate surface area is 142 Å². The molecule has 0 aromatic heterocycles. The highest BCUT2D eigenvalue weighted by Gasteiger charge is 2.45. The highest BCUT2D eigenvalue weighted by atomic mass is 16.5. The Morgan fingerprint density at radius 1 is 1.12 bits per heavy atom. The van der Waals surface area contributed by atoms with Gasteiger partial charge in [0.25, 0.3) is 0 Å². The van der Waals surface area contributed by atoms with Crippen LogP contribution in [0, 0.1) is 17.8 Å². The second-order valence-electron chi connectivity index (χ2n) is 7.64. The molecule has 0 bridgehead atoms. The summed E-state index contributed by atoms with van der Waals surface area (Å²) in [6, 6.07) is 0. The maximum Gasteiger partial charge on any atom is 0.307 e. The molecule has 4 aliphatic rings. The van der Waals surface area contributed by atoms with E-state index in [1.54, 1.807) is 0 Å². The van der Waals surface area contributed by atoms with Crippen LogP contribution < -0.4 is 0 Å². The van der Waals surface area contributed by atoms with Crippen molar-refractivity contribution in [1.82, 2.24) is 0 Å². The fraction of sp³-hybridized carbons (Fsp3) is 0.650. The Morgan fingerprint density at radius 3 is 2.79 bits per heavy atom. The van der Waals surface area contributed by atoms with Gasteiger partial charge in [0.1, 0.15) is 11.9 Å². The fourth-order valence-electron chi connectivity index (χ4n) is 5.13. The normalized spacial score (nSPS) is 38.7. The summed E-state index contributed by atoms with van der Waals surface area (Å²) in [6.45, 7) is 0. The highest BCUT2D eigenvalue weighted by Crippen LogP contribution is 2.49. The molecule has 3 aliphatic carbocycles. The van der Waals surface area contributed by atoms with Gasteiger partial charge in [-0.05, 0) is 49.7 Å². The maximum absolute atomic E-state index is 11.9. The predicted molar refractivity (Wildman–Crippen MR) is 90.2 cm³/mol. The largest absolute Gasteiger partial charge is 0.489 e. The Kier molecular flexibility index (Phi) is 4.25. The molecule has 4 nitrogen and oxygen atoms in total. The van der Waals surface area contributed by atoms with E-state index in [9.17, 15) is 15.0 Å². The number of fused-ring (bicyclic) bond motifs is 2. The van der Waals surface area contributed by atoms with Crippen molar-refractivity contribution in [2.24, 2.45) is 17.8 Å². The molecule has 4 heteroatoms. The van der Waals surface area contributed by atoms with Crippen LogP contribution in [0.5, 0.6) is 0 Å². The molecular weight excluding hydrogens is 304 g/mol. The number of aliphatic carboxylic acids is 1. The van der Waals surface area contributed by atoms with E-state index < -0.39 is 5.97 Å². The quantitative estimate of drug-likeness (QED) is 0.812. The Hall–Kier alpha value is -1.55. The summed E-state index contributed by atoms with van der Waals surface area (Å²) in [6.07, 6.45) is 13.1. The third-order valence-electron chi connectivity index (χ3n) is 6.22. The molecule has 0 amide bonds. The first-order valence-corrected chi connectivity index (χ1v) is 9.34. The number of carboxylic acids is 1. The summed E-state index contributed by atoms with van der Waals surface area (Å²) < 4.78 is 6.23. The molecule has 2 N–H and O–H groups in total. The van der Waals surface area contributed by atoms with Gasteiger partial charge in [-0.15, -0.1) is 0 Å². The first-order chi connectivity index (χ1) is 11.6. The number of aliphatic hydroxyl groups excluding tert-OH is 1. The van der Waals surface area contributed by atoms with Gasteiger partial charge < -0.3 is 14.9 Å². The molecule has 24 heavy (non-hydrogen) atoms.